The summed E-state index contributed by atoms with van der Waals surface area (Å²) in [4.78, 5) is 13.0. The fraction of sp³-hybridized carbons (Fsp3) is 0.750. The molecular weight excluding hydrogens is 304 g/mol. The average Bonchev–Trinajstić information content (AvgIpc) is 3.18. The van der Waals surface area contributed by atoms with Crippen LogP contribution in [-0.2, 0) is 9.53 Å². The van der Waals surface area contributed by atoms with Crippen LogP contribution in [0, 0.1) is 11.3 Å². The van der Waals surface area contributed by atoms with Gasteiger partial charge < -0.3 is 14.9 Å². The number of ketones is 1. The molecule has 0 spiro atoms. The third kappa shape index (κ3) is 2.51. The molecule has 0 amide bonds. The van der Waals surface area contributed by atoms with Crippen LogP contribution in [0.15, 0.2) is 23.3 Å². The summed E-state index contributed by atoms with van der Waals surface area (Å²) in [6, 6.07) is 0. The largest absolute Gasteiger partial charge is 0.389 e. The number of hydrogen-bond donors (Lipinski definition) is 2. The minimum atomic E-state index is -1.28. The first kappa shape index (κ1) is 17.8. The van der Waals surface area contributed by atoms with E-state index < -0.39 is 28.8 Å². The van der Waals surface area contributed by atoms with Crippen LogP contribution < -0.4 is 0 Å². The van der Waals surface area contributed by atoms with Crippen molar-refractivity contribution in [3.8, 4) is 0 Å². The highest BCUT2D eigenvalue weighted by Crippen LogP contribution is 2.54. The Labute approximate surface area is 144 Å². The zero-order chi connectivity index (χ0) is 17.9. The standard InChI is InChI=1S/C20H30O4/c1-12-7-6-9-19(4)17(24-19)16(22)14-11-15(21)13(2)18(3,10-8-12)20(14,5)23/h7,11,13,15,17,21,23H,6,8-10H2,1-5H3. The summed E-state index contributed by atoms with van der Waals surface area (Å²) in [5.41, 5.74) is -0.695. The summed E-state index contributed by atoms with van der Waals surface area (Å²) in [5.74, 6) is -0.299. The smallest absolute Gasteiger partial charge is 0.193 e. The molecule has 134 valence electrons. The van der Waals surface area contributed by atoms with Crippen molar-refractivity contribution in [2.75, 3.05) is 0 Å². The molecule has 4 nitrogen and oxygen atoms in total. The number of carbonyl (C=O) groups is 1. The number of epoxide rings is 1. The van der Waals surface area contributed by atoms with Crippen molar-refractivity contribution >= 4 is 5.78 Å². The van der Waals surface area contributed by atoms with Crippen LogP contribution in [-0.4, -0.2) is 39.4 Å². The number of aliphatic hydroxyl groups excluding tert-OH is 1. The lowest BCUT2D eigenvalue weighted by Crippen LogP contribution is -2.57. The molecule has 0 radical (unpaired) electrons. The Hall–Kier alpha value is -0.970. The fourth-order valence-electron chi connectivity index (χ4n) is 4.46. The van der Waals surface area contributed by atoms with Crippen LogP contribution in [0.2, 0.25) is 0 Å². The van der Waals surface area contributed by atoms with E-state index in [1.165, 1.54) is 5.57 Å². The monoisotopic (exact) mass is 334 g/mol. The van der Waals surface area contributed by atoms with Gasteiger partial charge >= 0.3 is 0 Å². The molecule has 0 aromatic rings. The number of allylic oxidation sites excluding steroid dienone is 2. The number of Topliss-reactive ketones (excluding diaryl/α,β-unsaturated/α-hetero) is 1. The Morgan fingerprint density at radius 3 is 2.58 bits per heavy atom. The first-order chi connectivity index (χ1) is 11.0. The molecule has 2 aliphatic carbocycles. The maximum Gasteiger partial charge on any atom is 0.193 e. The third-order valence-corrected chi connectivity index (χ3v) is 7.05. The van der Waals surface area contributed by atoms with Crippen LogP contribution >= 0.6 is 0 Å². The van der Waals surface area contributed by atoms with Crippen LogP contribution in [0.1, 0.15) is 60.3 Å². The Bertz CT molecular complexity index is 617. The van der Waals surface area contributed by atoms with E-state index in [1.54, 1.807) is 13.0 Å². The number of carbonyl (C=O) groups excluding carboxylic acids is 1. The molecule has 3 aliphatic rings. The van der Waals surface area contributed by atoms with Crippen LogP contribution in [0.3, 0.4) is 0 Å². The second kappa shape index (κ2) is 5.52. The summed E-state index contributed by atoms with van der Waals surface area (Å²) in [7, 11) is 0. The van der Waals surface area contributed by atoms with Gasteiger partial charge in [-0.05, 0) is 58.4 Å². The predicted octanol–water partition coefficient (Wildman–Crippen LogP) is 2.93. The third-order valence-electron chi connectivity index (χ3n) is 7.05. The molecule has 1 aliphatic heterocycles. The Balaban J connectivity index is 2.08. The Kier molecular flexibility index (Phi) is 4.10. The van der Waals surface area contributed by atoms with Crippen LogP contribution in [0.4, 0.5) is 0 Å². The van der Waals surface area contributed by atoms with E-state index in [4.69, 9.17) is 4.74 Å². The van der Waals surface area contributed by atoms with Gasteiger partial charge in [-0.3, -0.25) is 4.79 Å². The lowest BCUT2D eigenvalue weighted by molar-refractivity contribution is -0.131. The molecular formula is C20H30O4. The van der Waals surface area contributed by atoms with Gasteiger partial charge in [0.15, 0.2) is 5.78 Å². The van der Waals surface area contributed by atoms with Crippen molar-refractivity contribution in [3.05, 3.63) is 23.3 Å². The van der Waals surface area contributed by atoms with Gasteiger partial charge in [-0.1, -0.05) is 25.5 Å². The van der Waals surface area contributed by atoms with E-state index in [-0.39, 0.29) is 11.7 Å². The molecule has 2 N–H and O–H groups in total. The predicted molar refractivity (Wildman–Crippen MR) is 92.5 cm³/mol. The van der Waals surface area contributed by atoms with Crippen molar-refractivity contribution in [3.63, 3.8) is 0 Å². The van der Waals surface area contributed by atoms with Gasteiger partial charge in [0, 0.05) is 11.0 Å². The van der Waals surface area contributed by atoms with Crippen molar-refractivity contribution in [2.24, 2.45) is 11.3 Å². The molecule has 0 aromatic carbocycles. The molecule has 6 atom stereocenters. The van der Waals surface area contributed by atoms with Crippen LogP contribution in [0.5, 0.6) is 0 Å². The number of hydrogen-bond acceptors (Lipinski definition) is 4. The van der Waals surface area contributed by atoms with E-state index in [9.17, 15) is 15.0 Å². The number of ether oxygens (including phenoxy) is 1. The normalized spacial score (nSPS) is 49.3. The molecule has 24 heavy (non-hydrogen) atoms. The maximum absolute atomic E-state index is 13.0. The Morgan fingerprint density at radius 1 is 1.25 bits per heavy atom. The van der Waals surface area contributed by atoms with Crippen molar-refractivity contribution in [2.45, 2.75) is 83.7 Å². The summed E-state index contributed by atoms with van der Waals surface area (Å²) in [6.45, 7) is 9.75. The highest BCUT2D eigenvalue weighted by atomic mass is 16.6. The summed E-state index contributed by atoms with van der Waals surface area (Å²) in [5, 5.41) is 21.9. The van der Waals surface area contributed by atoms with Gasteiger partial charge in [-0.25, -0.2) is 0 Å². The molecule has 1 saturated heterocycles. The molecule has 1 heterocycles. The highest BCUT2D eigenvalue weighted by Gasteiger charge is 2.62. The second-order valence-electron chi connectivity index (χ2n) is 8.61. The summed E-state index contributed by atoms with van der Waals surface area (Å²) < 4.78 is 5.73. The van der Waals surface area contributed by atoms with E-state index in [2.05, 4.69) is 13.0 Å². The Morgan fingerprint density at radius 2 is 1.92 bits per heavy atom. The van der Waals surface area contributed by atoms with Gasteiger partial charge in [0.05, 0.1) is 11.7 Å². The first-order valence-electron chi connectivity index (χ1n) is 9.03. The average molecular weight is 334 g/mol. The van der Waals surface area contributed by atoms with E-state index in [0.29, 0.717) is 5.57 Å². The van der Waals surface area contributed by atoms with Crippen molar-refractivity contribution in [1.29, 1.82) is 0 Å². The molecule has 0 saturated carbocycles. The summed E-state index contributed by atoms with van der Waals surface area (Å²) in [6.07, 6.45) is 5.82. The summed E-state index contributed by atoms with van der Waals surface area (Å²) >= 11 is 0. The topological polar surface area (TPSA) is 70.1 Å². The zero-order valence-electron chi connectivity index (χ0n) is 15.4. The minimum Gasteiger partial charge on any atom is -0.389 e. The van der Waals surface area contributed by atoms with Gasteiger partial charge in [0.25, 0.3) is 0 Å². The van der Waals surface area contributed by atoms with Crippen molar-refractivity contribution in [1.82, 2.24) is 0 Å². The quantitative estimate of drug-likeness (QED) is 0.528. The fourth-order valence-corrected chi connectivity index (χ4v) is 4.46. The minimum absolute atomic E-state index is 0.133. The van der Waals surface area contributed by atoms with Gasteiger partial charge in [-0.2, -0.15) is 0 Å². The molecule has 0 aromatic heterocycles. The lowest BCUT2D eigenvalue weighted by atomic mass is 9.55. The van der Waals surface area contributed by atoms with Gasteiger partial charge in [0.1, 0.15) is 11.7 Å². The second-order valence-corrected chi connectivity index (χ2v) is 8.61. The lowest BCUT2D eigenvalue weighted by Gasteiger charge is -2.52. The molecule has 1 fully saturated rings. The van der Waals surface area contributed by atoms with Crippen LogP contribution in [0.25, 0.3) is 0 Å². The molecule has 4 heteroatoms. The van der Waals surface area contributed by atoms with E-state index in [0.717, 1.165) is 25.7 Å². The first-order valence-corrected chi connectivity index (χ1v) is 9.03. The SMILES string of the molecule is CC1=CCCC2(C)OC2C(=O)C2=CC(O)C(C)C(C)(CC1)C2(C)O. The molecule has 6 unspecified atom stereocenters. The zero-order valence-corrected chi connectivity index (χ0v) is 15.4. The van der Waals surface area contributed by atoms with E-state index in [1.807, 2.05) is 20.8 Å². The molecule has 2 bridgehead atoms. The van der Waals surface area contributed by atoms with Gasteiger partial charge in [0.2, 0.25) is 0 Å². The highest BCUT2D eigenvalue weighted by molar-refractivity contribution is 6.03. The maximum atomic E-state index is 13.0. The van der Waals surface area contributed by atoms with Crippen molar-refractivity contribution < 1.29 is 19.7 Å². The number of aliphatic hydroxyl groups is 2. The molecule has 3 rings (SSSR count). The number of fused-ring (bicyclic) bond motifs is 3. The van der Waals surface area contributed by atoms with Gasteiger partial charge in [-0.15, -0.1) is 0 Å². The number of rotatable bonds is 0. The van der Waals surface area contributed by atoms with E-state index >= 15 is 0 Å².